The maximum atomic E-state index is 13.0. The van der Waals surface area contributed by atoms with Crippen molar-refractivity contribution in [3.05, 3.63) is 155 Å². The number of nitrogens with zero attached hydrogens (tertiary/aromatic N) is 1. The van der Waals surface area contributed by atoms with E-state index < -0.39 is 0 Å². The SMILES string of the molecule is O=C(NCCC(c1ccccc1)c1ccccc1)c1ccc(CN(Cc2ccccc2)Cc2ccc3c(c2)OCO3)o1. The molecule has 0 atom stereocenters. The highest BCUT2D eigenvalue weighted by molar-refractivity contribution is 5.91. The maximum absolute atomic E-state index is 13.0. The summed E-state index contributed by atoms with van der Waals surface area (Å²) in [6, 6.07) is 40.9. The first-order valence-corrected chi connectivity index (χ1v) is 14.3. The second kappa shape index (κ2) is 13.2. The molecule has 0 unspecified atom stereocenters. The Balaban J connectivity index is 1.10. The number of rotatable bonds is 12. The number of furan rings is 1. The smallest absolute Gasteiger partial charge is 0.286 e. The van der Waals surface area contributed by atoms with Gasteiger partial charge in [-0.2, -0.15) is 0 Å². The van der Waals surface area contributed by atoms with Gasteiger partial charge < -0.3 is 19.2 Å². The molecule has 1 aliphatic heterocycles. The number of ether oxygens (including phenoxy) is 2. The van der Waals surface area contributed by atoms with Gasteiger partial charge in [-0.1, -0.05) is 97.1 Å². The van der Waals surface area contributed by atoms with E-state index in [-0.39, 0.29) is 18.6 Å². The van der Waals surface area contributed by atoms with E-state index >= 15 is 0 Å². The molecular weight excluding hydrogens is 524 g/mol. The van der Waals surface area contributed by atoms with Gasteiger partial charge in [0.2, 0.25) is 6.79 Å². The Morgan fingerprint density at radius 2 is 1.33 bits per heavy atom. The molecule has 0 fully saturated rings. The Morgan fingerprint density at radius 1 is 0.690 bits per heavy atom. The van der Waals surface area contributed by atoms with Crippen molar-refractivity contribution in [2.75, 3.05) is 13.3 Å². The molecule has 1 N–H and O–H groups in total. The molecule has 0 aliphatic carbocycles. The summed E-state index contributed by atoms with van der Waals surface area (Å²) in [6.45, 7) is 2.77. The summed E-state index contributed by atoms with van der Waals surface area (Å²) in [6.07, 6.45) is 0.785. The minimum atomic E-state index is -0.202. The summed E-state index contributed by atoms with van der Waals surface area (Å²) in [5.41, 5.74) is 4.79. The molecule has 1 aliphatic rings. The molecule has 0 saturated heterocycles. The quantitative estimate of drug-likeness (QED) is 0.176. The second-order valence-corrected chi connectivity index (χ2v) is 10.5. The number of fused-ring (bicyclic) bond motifs is 1. The zero-order valence-electron chi connectivity index (χ0n) is 23.4. The second-order valence-electron chi connectivity index (χ2n) is 10.5. The van der Waals surface area contributed by atoms with Crippen molar-refractivity contribution in [1.29, 1.82) is 0 Å². The van der Waals surface area contributed by atoms with Gasteiger partial charge in [0.15, 0.2) is 17.3 Å². The van der Waals surface area contributed by atoms with Gasteiger partial charge in [-0.3, -0.25) is 9.69 Å². The van der Waals surface area contributed by atoms with E-state index in [0.717, 1.165) is 35.8 Å². The number of benzene rings is 4. The standard InChI is InChI=1S/C36H34N2O4/c39-36(37-21-20-32(29-12-6-2-7-13-29)30-14-8-3-9-15-30)34-19-17-31(42-34)25-38(23-27-10-4-1-5-11-27)24-28-16-18-33-35(22-28)41-26-40-33/h1-19,22,32H,20-21,23-26H2,(H,37,39). The Bertz CT molecular complexity index is 1550. The molecule has 42 heavy (non-hydrogen) atoms. The van der Waals surface area contributed by atoms with Crippen molar-refractivity contribution in [3.63, 3.8) is 0 Å². The summed E-state index contributed by atoms with van der Waals surface area (Å²) in [4.78, 5) is 15.3. The maximum Gasteiger partial charge on any atom is 0.286 e. The van der Waals surface area contributed by atoms with Crippen molar-refractivity contribution in [2.24, 2.45) is 0 Å². The topological polar surface area (TPSA) is 63.9 Å². The van der Waals surface area contributed by atoms with Crippen LogP contribution in [0, 0.1) is 0 Å². The molecular formula is C36H34N2O4. The molecule has 0 radical (unpaired) electrons. The van der Waals surface area contributed by atoms with Crippen LogP contribution in [-0.4, -0.2) is 24.1 Å². The fourth-order valence-electron chi connectivity index (χ4n) is 5.43. The average molecular weight is 559 g/mol. The van der Waals surface area contributed by atoms with Gasteiger partial charge in [0.1, 0.15) is 5.76 Å². The number of carbonyl (C=O) groups excluding carboxylic acids is 1. The summed E-state index contributed by atoms with van der Waals surface area (Å²) in [5.74, 6) is 2.60. The van der Waals surface area contributed by atoms with Gasteiger partial charge in [0.25, 0.3) is 5.91 Å². The highest BCUT2D eigenvalue weighted by Crippen LogP contribution is 2.33. The van der Waals surface area contributed by atoms with Crippen LogP contribution in [0.2, 0.25) is 0 Å². The van der Waals surface area contributed by atoms with E-state index in [2.05, 4.69) is 76.9 Å². The van der Waals surface area contributed by atoms with Gasteiger partial charge in [-0.25, -0.2) is 0 Å². The third-order valence-corrected chi connectivity index (χ3v) is 7.48. The Morgan fingerprint density at radius 3 is 2.05 bits per heavy atom. The van der Waals surface area contributed by atoms with Crippen LogP contribution in [0.5, 0.6) is 11.5 Å². The molecule has 2 heterocycles. The van der Waals surface area contributed by atoms with Crippen molar-refractivity contribution >= 4 is 5.91 Å². The molecule has 0 spiro atoms. The molecule has 6 nitrogen and oxygen atoms in total. The molecule has 4 aromatic carbocycles. The van der Waals surface area contributed by atoms with E-state index in [0.29, 0.717) is 25.4 Å². The molecule has 6 rings (SSSR count). The van der Waals surface area contributed by atoms with Crippen LogP contribution in [0.15, 0.2) is 126 Å². The van der Waals surface area contributed by atoms with Gasteiger partial charge in [0, 0.05) is 25.6 Å². The van der Waals surface area contributed by atoms with Crippen molar-refractivity contribution in [1.82, 2.24) is 10.2 Å². The van der Waals surface area contributed by atoms with Crippen molar-refractivity contribution < 1.29 is 18.7 Å². The van der Waals surface area contributed by atoms with Crippen LogP contribution in [0.1, 0.15) is 50.9 Å². The first-order chi connectivity index (χ1) is 20.7. The lowest BCUT2D eigenvalue weighted by Gasteiger charge is -2.22. The number of hydrogen-bond acceptors (Lipinski definition) is 5. The highest BCUT2D eigenvalue weighted by Gasteiger charge is 2.19. The van der Waals surface area contributed by atoms with Crippen LogP contribution in [0.4, 0.5) is 0 Å². The first-order valence-electron chi connectivity index (χ1n) is 14.3. The molecule has 6 heteroatoms. The number of hydrogen-bond donors (Lipinski definition) is 1. The van der Waals surface area contributed by atoms with Crippen LogP contribution >= 0.6 is 0 Å². The minimum absolute atomic E-state index is 0.197. The summed E-state index contributed by atoms with van der Waals surface area (Å²) >= 11 is 0. The Hall–Kier alpha value is -4.81. The largest absolute Gasteiger partial charge is 0.455 e. The molecule has 1 aromatic heterocycles. The highest BCUT2D eigenvalue weighted by atomic mass is 16.7. The van der Waals surface area contributed by atoms with Crippen molar-refractivity contribution in [3.8, 4) is 11.5 Å². The summed E-state index contributed by atoms with van der Waals surface area (Å²) in [5, 5.41) is 3.07. The van der Waals surface area contributed by atoms with Crippen molar-refractivity contribution in [2.45, 2.75) is 32.0 Å². The number of amides is 1. The van der Waals surface area contributed by atoms with E-state index in [1.54, 1.807) is 6.07 Å². The van der Waals surface area contributed by atoms with Crippen LogP contribution in [-0.2, 0) is 19.6 Å². The van der Waals surface area contributed by atoms with Gasteiger partial charge in [0.05, 0.1) is 6.54 Å². The summed E-state index contributed by atoms with van der Waals surface area (Å²) in [7, 11) is 0. The monoisotopic (exact) mass is 558 g/mol. The van der Waals surface area contributed by atoms with Gasteiger partial charge >= 0.3 is 0 Å². The number of nitrogens with one attached hydrogen (secondary N) is 1. The molecule has 0 bridgehead atoms. The Labute approximate surface area is 246 Å². The first kappa shape index (κ1) is 27.4. The third kappa shape index (κ3) is 6.90. The fraction of sp³-hybridized carbons (Fsp3) is 0.194. The zero-order chi connectivity index (χ0) is 28.6. The Kier molecular flexibility index (Phi) is 8.62. The average Bonchev–Trinajstić information content (AvgIpc) is 3.70. The molecule has 5 aromatic rings. The van der Waals surface area contributed by atoms with E-state index in [1.165, 1.54) is 16.7 Å². The van der Waals surface area contributed by atoms with Crippen LogP contribution < -0.4 is 14.8 Å². The minimum Gasteiger partial charge on any atom is -0.455 e. The lowest BCUT2D eigenvalue weighted by molar-refractivity contribution is 0.0920. The normalized spacial score (nSPS) is 12.1. The van der Waals surface area contributed by atoms with E-state index in [4.69, 9.17) is 13.9 Å². The zero-order valence-corrected chi connectivity index (χ0v) is 23.4. The number of carbonyl (C=O) groups is 1. The van der Waals surface area contributed by atoms with E-state index in [1.807, 2.05) is 48.5 Å². The lowest BCUT2D eigenvalue weighted by atomic mass is 9.88. The third-order valence-electron chi connectivity index (χ3n) is 7.48. The fourth-order valence-corrected chi connectivity index (χ4v) is 5.43. The summed E-state index contributed by atoms with van der Waals surface area (Å²) < 4.78 is 17.1. The predicted molar refractivity (Wildman–Crippen MR) is 162 cm³/mol. The van der Waals surface area contributed by atoms with Gasteiger partial charge in [-0.15, -0.1) is 0 Å². The molecule has 0 saturated carbocycles. The van der Waals surface area contributed by atoms with Crippen LogP contribution in [0.25, 0.3) is 0 Å². The molecule has 212 valence electrons. The lowest BCUT2D eigenvalue weighted by Crippen LogP contribution is -2.25. The predicted octanol–water partition coefficient (Wildman–Crippen LogP) is 7.16. The van der Waals surface area contributed by atoms with Gasteiger partial charge in [-0.05, 0) is 52.9 Å². The van der Waals surface area contributed by atoms with Crippen LogP contribution in [0.3, 0.4) is 0 Å². The van der Waals surface area contributed by atoms with E-state index in [9.17, 15) is 4.79 Å². The molecule has 1 amide bonds.